The van der Waals surface area contributed by atoms with Gasteiger partial charge in [0.05, 0.1) is 35.4 Å². The number of halogens is 3. The molecule has 37 heavy (non-hydrogen) atoms. The molecule has 1 aliphatic heterocycles. The second kappa shape index (κ2) is 11.6. The lowest BCUT2D eigenvalue weighted by Gasteiger charge is -2.33. The molecule has 0 saturated heterocycles. The van der Waals surface area contributed by atoms with Gasteiger partial charge in [0.25, 0.3) is 5.91 Å². The summed E-state index contributed by atoms with van der Waals surface area (Å²) in [6.45, 7) is 7.08. The van der Waals surface area contributed by atoms with Crippen LogP contribution in [0.5, 0.6) is 0 Å². The first-order valence-corrected chi connectivity index (χ1v) is 13.0. The predicted octanol–water partition coefficient (Wildman–Crippen LogP) is 5.44. The quantitative estimate of drug-likeness (QED) is 0.380. The minimum Gasteiger partial charge on any atom is -0.461 e. The number of amides is 1. The van der Waals surface area contributed by atoms with E-state index in [2.05, 4.69) is 5.32 Å². The van der Waals surface area contributed by atoms with E-state index in [9.17, 15) is 14.0 Å². The number of hydrogen-bond donors (Lipinski definition) is 1. The summed E-state index contributed by atoms with van der Waals surface area (Å²) < 4.78 is 20.2. The molecular formula is C27H29Cl2FN4O3. The Hall–Kier alpha value is -2.94. The molecule has 0 fully saturated rings. The van der Waals surface area contributed by atoms with Crippen LogP contribution in [-0.2, 0) is 24.2 Å². The van der Waals surface area contributed by atoms with E-state index >= 15 is 0 Å². The van der Waals surface area contributed by atoms with Crippen LogP contribution in [0.1, 0.15) is 64.5 Å². The fraction of sp³-hybridized carbons (Fsp3) is 0.370. The Morgan fingerprint density at radius 3 is 2.59 bits per heavy atom. The third kappa shape index (κ3) is 5.98. The fourth-order valence-electron chi connectivity index (χ4n) is 4.51. The van der Waals surface area contributed by atoms with Gasteiger partial charge in [-0.1, -0.05) is 35.3 Å². The van der Waals surface area contributed by atoms with Crippen LogP contribution >= 0.6 is 23.2 Å². The van der Waals surface area contributed by atoms with Crippen molar-refractivity contribution in [1.29, 1.82) is 0 Å². The molecule has 1 N–H and O–H groups in total. The summed E-state index contributed by atoms with van der Waals surface area (Å²) in [5.41, 5.74) is 3.20. The molecule has 4 rings (SSSR count). The van der Waals surface area contributed by atoms with Crippen LogP contribution < -0.4 is 5.32 Å². The molecule has 196 valence electrons. The van der Waals surface area contributed by atoms with E-state index in [0.29, 0.717) is 46.4 Å². The molecule has 3 aromatic rings. The number of hydrogen-bond acceptors (Lipinski definition) is 5. The summed E-state index contributed by atoms with van der Waals surface area (Å²) in [5.74, 6) is -0.952. The van der Waals surface area contributed by atoms with Gasteiger partial charge in [-0.05, 0) is 56.7 Å². The summed E-state index contributed by atoms with van der Waals surface area (Å²) >= 11 is 12.2. The van der Waals surface area contributed by atoms with Crippen molar-refractivity contribution in [2.45, 2.75) is 52.4 Å². The Kier molecular flexibility index (Phi) is 8.52. The van der Waals surface area contributed by atoms with Gasteiger partial charge in [-0.2, -0.15) is 5.10 Å². The summed E-state index contributed by atoms with van der Waals surface area (Å²) in [6.07, 6.45) is 0.501. The Morgan fingerprint density at radius 2 is 1.92 bits per heavy atom. The fourth-order valence-corrected chi connectivity index (χ4v) is 4.81. The van der Waals surface area contributed by atoms with E-state index in [-0.39, 0.29) is 37.0 Å². The van der Waals surface area contributed by atoms with Gasteiger partial charge in [-0.25, -0.2) is 9.18 Å². The highest BCUT2D eigenvalue weighted by atomic mass is 35.5. The number of nitrogens with zero attached hydrogens (tertiary/aromatic N) is 3. The predicted molar refractivity (Wildman–Crippen MR) is 141 cm³/mol. The highest BCUT2D eigenvalue weighted by molar-refractivity contribution is 6.42. The molecule has 0 spiro atoms. The molecule has 1 aromatic heterocycles. The molecule has 2 aromatic carbocycles. The Balaban J connectivity index is 1.55. The van der Waals surface area contributed by atoms with Gasteiger partial charge in [0.15, 0.2) is 5.69 Å². The lowest BCUT2D eigenvalue weighted by molar-refractivity contribution is 0.0502. The average molecular weight is 547 g/mol. The molecular weight excluding hydrogens is 518 g/mol. The van der Waals surface area contributed by atoms with Crippen molar-refractivity contribution in [3.8, 4) is 0 Å². The van der Waals surface area contributed by atoms with Crippen molar-refractivity contribution in [3.05, 3.63) is 86.4 Å². The topological polar surface area (TPSA) is 76.5 Å². The zero-order chi connectivity index (χ0) is 26.7. The number of carbonyl (C=O) groups is 2. The largest absolute Gasteiger partial charge is 0.461 e. The molecule has 2 heterocycles. The Labute approximate surface area is 225 Å². The first-order valence-electron chi connectivity index (χ1n) is 12.2. The van der Waals surface area contributed by atoms with Crippen LogP contribution in [0.25, 0.3) is 0 Å². The van der Waals surface area contributed by atoms with Crippen LogP contribution in [0.2, 0.25) is 10.0 Å². The van der Waals surface area contributed by atoms with Crippen molar-refractivity contribution >= 4 is 35.1 Å². The number of nitrogens with one attached hydrogen (secondary N) is 1. The molecule has 7 nitrogen and oxygen atoms in total. The van der Waals surface area contributed by atoms with Crippen molar-refractivity contribution in [3.63, 3.8) is 0 Å². The monoisotopic (exact) mass is 546 g/mol. The zero-order valence-corrected chi connectivity index (χ0v) is 22.4. The average Bonchev–Trinajstić information content (AvgIpc) is 3.22. The van der Waals surface area contributed by atoms with E-state index in [1.165, 1.54) is 12.1 Å². The molecule has 2 atom stereocenters. The van der Waals surface area contributed by atoms with Crippen molar-refractivity contribution in [2.75, 3.05) is 13.2 Å². The van der Waals surface area contributed by atoms with E-state index in [1.54, 1.807) is 46.8 Å². The maximum atomic E-state index is 13.3. The molecule has 0 aliphatic carbocycles. The number of esters is 1. The third-order valence-corrected chi connectivity index (χ3v) is 7.26. The van der Waals surface area contributed by atoms with Crippen molar-refractivity contribution in [2.24, 2.45) is 0 Å². The lowest BCUT2D eigenvalue weighted by Crippen LogP contribution is -2.42. The van der Waals surface area contributed by atoms with Crippen LogP contribution in [-0.4, -0.2) is 45.8 Å². The zero-order valence-electron chi connectivity index (χ0n) is 20.9. The van der Waals surface area contributed by atoms with Crippen molar-refractivity contribution < 1.29 is 18.7 Å². The van der Waals surface area contributed by atoms with Gasteiger partial charge >= 0.3 is 5.97 Å². The van der Waals surface area contributed by atoms with Crippen molar-refractivity contribution in [1.82, 2.24) is 20.0 Å². The second-order valence-corrected chi connectivity index (χ2v) is 9.87. The molecule has 1 unspecified atom stereocenters. The number of aromatic nitrogens is 2. The normalized spacial score (nSPS) is 15.8. The minimum atomic E-state index is -0.473. The smallest absolute Gasteiger partial charge is 0.356 e. The first-order chi connectivity index (χ1) is 17.7. The second-order valence-electron chi connectivity index (χ2n) is 9.06. The Bertz CT molecular complexity index is 1300. The summed E-state index contributed by atoms with van der Waals surface area (Å²) in [7, 11) is 0. The van der Waals surface area contributed by atoms with Gasteiger partial charge < -0.3 is 15.0 Å². The highest BCUT2D eigenvalue weighted by Crippen LogP contribution is 2.29. The first kappa shape index (κ1) is 27.1. The summed E-state index contributed by atoms with van der Waals surface area (Å²) in [4.78, 5) is 28.0. The number of benzene rings is 2. The molecule has 1 aliphatic rings. The molecule has 10 heteroatoms. The molecule has 1 amide bonds. The molecule has 0 radical (unpaired) electrons. The maximum absolute atomic E-state index is 13.3. The van der Waals surface area contributed by atoms with Gasteiger partial charge in [0, 0.05) is 36.2 Å². The number of rotatable bonds is 8. The standard InChI is InChI=1S/C27H29Cl2FN4O3/c1-4-37-27(36)25-21-15-33(26(35)19-7-10-22(28)23(29)14-19)16(2)13-24(21)32-34(25)12-11-31-17(3)18-5-8-20(30)9-6-18/h5-10,14,16-17,31H,4,11-13,15H2,1-3H3/t16-,17?/m1/s1. The van der Waals surface area contributed by atoms with E-state index in [0.717, 1.165) is 11.3 Å². The van der Waals surface area contributed by atoms with E-state index in [1.807, 2.05) is 13.8 Å². The van der Waals surface area contributed by atoms with Gasteiger partial charge in [0.2, 0.25) is 0 Å². The summed E-state index contributed by atoms with van der Waals surface area (Å²) in [5, 5.41) is 8.80. The van der Waals surface area contributed by atoms with Gasteiger partial charge in [-0.15, -0.1) is 0 Å². The maximum Gasteiger partial charge on any atom is 0.356 e. The minimum absolute atomic E-state index is 0.0174. The third-order valence-electron chi connectivity index (χ3n) is 6.52. The van der Waals surface area contributed by atoms with E-state index < -0.39 is 5.97 Å². The van der Waals surface area contributed by atoms with Crippen LogP contribution in [0.3, 0.4) is 0 Å². The van der Waals surface area contributed by atoms with Crippen LogP contribution in [0.4, 0.5) is 4.39 Å². The number of fused-ring (bicyclic) bond motifs is 1. The Morgan fingerprint density at radius 1 is 1.19 bits per heavy atom. The SMILES string of the molecule is CCOC(=O)c1c2c(nn1CCNC(C)c1ccc(F)cc1)C[C@@H](C)N(C(=O)c1ccc(Cl)c(Cl)c1)C2. The van der Waals surface area contributed by atoms with E-state index in [4.69, 9.17) is 33.0 Å². The summed E-state index contributed by atoms with van der Waals surface area (Å²) in [6, 6.07) is 11.0. The number of carbonyl (C=O) groups excluding carboxylic acids is 2. The van der Waals surface area contributed by atoms with Gasteiger partial charge in [0.1, 0.15) is 5.82 Å². The number of ether oxygens (including phenoxy) is 1. The van der Waals surface area contributed by atoms with Gasteiger partial charge in [-0.3, -0.25) is 9.48 Å². The molecule has 0 saturated carbocycles. The lowest BCUT2D eigenvalue weighted by atomic mass is 9.98. The van der Waals surface area contributed by atoms with Crippen LogP contribution in [0, 0.1) is 5.82 Å². The highest BCUT2D eigenvalue weighted by Gasteiger charge is 2.34. The van der Waals surface area contributed by atoms with Crippen LogP contribution in [0.15, 0.2) is 42.5 Å². The molecule has 0 bridgehead atoms.